The van der Waals surface area contributed by atoms with Crippen LogP contribution in [-0.2, 0) is 4.84 Å². The summed E-state index contributed by atoms with van der Waals surface area (Å²) in [6.07, 6.45) is -6.46. The zero-order chi connectivity index (χ0) is 14.3. The maximum Gasteiger partial charge on any atom is 0.428 e. The molecule has 0 aromatic heterocycles. The Kier molecular flexibility index (Phi) is 2.92. The van der Waals surface area contributed by atoms with E-state index in [-0.39, 0.29) is 6.42 Å². The van der Waals surface area contributed by atoms with E-state index < -0.39 is 12.3 Å². The van der Waals surface area contributed by atoms with Gasteiger partial charge in [0, 0.05) is 12.0 Å². The first-order valence-electron chi connectivity index (χ1n) is 6.25. The van der Waals surface area contributed by atoms with Crippen molar-refractivity contribution in [2.75, 3.05) is 0 Å². The van der Waals surface area contributed by atoms with E-state index in [1.807, 2.05) is 37.3 Å². The molecule has 0 bridgehead atoms. The first kappa shape index (κ1) is 13.0. The quantitative estimate of drug-likeness (QED) is 0.766. The zero-order valence-electron chi connectivity index (χ0n) is 10.7. The van der Waals surface area contributed by atoms with Crippen molar-refractivity contribution in [1.29, 1.82) is 0 Å². The molecule has 3 rings (SSSR count). The Hall–Kier alpha value is -2.04. The molecule has 2 aromatic rings. The lowest BCUT2D eigenvalue weighted by atomic mass is 9.95. The number of halogens is 3. The van der Waals surface area contributed by atoms with Gasteiger partial charge in [-0.3, -0.25) is 0 Å². The van der Waals surface area contributed by atoms with Gasteiger partial charge in [0.2, 0.25) is 6.10 Å². The molecule has 2 nitrogen and oxygen atoms in total. The highest BCUT2D eigenvalue weighted by molar-refractivity contribution is 6.11. The Bertz CT molecular complexity index is 691. The molecule has 2 aromatic carbocycles. The zero-order valence-corrected chi connectivity index (χ0v) is 10.7. The van der Waals surface area contributed by atoms with E-state index in [9.17, 15) is 13.2 Å². The molecule has 0 saturated carbocycles. The fraction of sp³-hybridized carbons (Fsp3) is 0.267. The maximum absolute atomic E-state index is 12.6. The van der Waals surface area contributed by atoms with Crippen LogP contribution < -0.4 is 0 Å². The van der Waals surface area contributed by atoms with Crippen LogP contribution in [0.5, 0.6) is 0 Å². The van der Waals surface area contributed by atoms with Gasteiger partial charge in [-0.1, -0.05) is 41.6 Å². The molecule has 5 heteroatoms. The van der Waals surface area contributed by atoms with Crippen LogP contribution in [0.1, 0.15) is 17.5 Å². The predicted molar refractivity (Wildman–Crippen MR) is 70.8 cm³/mol. The largest absolute Gasteiger partial charge is 0.428 e. The summed E-state index contributed by atoms with van der Waals surface area (Å²) in [6.45, 7) is 1.97. The Labute approximate surface area is 113 Å². The van der Waals surface area contributed by atoms with Crippen LogP contribution in [0, 0.1) is 6.92 Å². The molecule has 1 aliphatic heterocycles. The standard InChI is InChI=1S/C15H12F3NO/c1-9-6-7-12(11-5-3-2-4-10(9)11)13-8-14(20-19-13)15(16,17)18/h2-7,14H,8H2,1H3. The van der Waals surface area contributed by atoms with Gasteiger partial charge in [-0.25, -0.2) is 0 Å². The van der Waals surface area contributed by atoms with E-state index in [0.717, 1.165) is 16.3 Å². The molecule has 0 aliphatic carbocycles. The lowest BCUT2D eigenvalue weighted by Crippen LogP contribution is -2.28. The van der Waals surface area contributed by atoms with Crippen molar-refractivity contribution >= 4 is 16.5 Å². The minimum atomic E-state index is -4.38. The number of rotatable bonds is 1. The Balaban J connectivity index is 2.03. The number of hydrogen-bond acceptors (Lipinski definition) is 2. The first-order chi connectivity index (χ1) is 9.47. The highest BCUT2D eigenvalue weighted by atomic mass is 19.4. The number of hydrogen-bond donors (Lipinski definition) is 0. The number of benzene rings is 2. The second-order valence-electron chi connectivity index (χ2n) is 4.85. The summed E-state index contributed by atoms with van der Waals surface area (Å²) >= 11 is 0. The summed E-state index contributed by atoms with van der Waals surface area (Å²) in [4.78, 5) is 4.53. The normalized spacial score (nSPS) is 19.0. The van der Waals surface area contributed by atoms with Crippen molar-refractivity contribution < 1.29 is 18.0 Å². The molecule has 0 spiro atoms. The number of oxime groups is 1. The van der Waals surface area contributed by atoms with E-state index in [0.29, 0.717) is 11.3 Å². The summed E-state index contributed by atoms with van der Waals surface area (Å²) < 4.78 is 37.9. The van der Waals surface area contributed by atoms with Crippen LogP contribution in [-0.4, -0.2) is 18.0 Å². The SMILES string of the molecule is Cc1ccc(C2=NOC(C(F)(F)F)C2)c2ccccc12. The lowest BCUT2D eigenvalue weighted by Gasteiger charge is -2.12. The van der Waals surface area contributed by atoms with E-state index in [1.54, 1.807) is 6.07 Å². The van der Waals surface area contributed by atoms with Crippen LogP contribution in [0.3, 0.4) is 0 Å². The third kappa shape index (κ3) is 2.13. The average molecular weight is 279 g/mol. The molecular weight excluding hydrogens is 267 g/mol. The second kappa shape index (κ2) is 4.51. The van der Waals surface area contributed by atoms with Crippen LogP contribution >= 0.6 is 0 Å². The van der Waals surface area contributed by atoms with Gasteiger partial charge in [-0.05, 0) is 23.3 Å². The highest BCUT2D eigenvalue weighted by Crippen LogP contribution is 2.32. The molecule has 0 radical (unpaired) electrons. The molecule has 0 saturated heterocycles. The molecule has 0 fully saturated rings. The topological polar surface area (TPSA) is 21.6 Å². The summed E-state index contributed by atoms with van der Waals surface area (Å²) in [7, 11) is 0. The molecule has 0 amide bonds. The summed E-state index contributed by atoms with van der Waals surface area (Å²) in [6, 6.07) is 11.3. The number of nitrogens with zero attached hydrogens (tertiary/aromatic N) is 1. The predicted octanol–water partition coefficient (Wildman–Crippen LogP) is 4.20. The Morgan fingerprint density at radius 2 is 1.80 bits per heavy atom. The van der Waals surface area contributed by atoms with Gasteiger partial charge in [-0.2, -0.15) is 13.2 Å². The van der Waals surface area contributed by atoms with Gasteiger partial charge in [0.1, 0.15) is 0 Å². The molecule has 20 heavy (non-hydrogen) atoms. The molecule has 0 N–H and O–H groups in total. The van der Waals surface area contributed by atoms with Gasteiger partial charge < -0.3 is 4.84 Å². The van der Waals surface area contributed by atoms with Crippen molar-refractivity contribution in [3.63, 3.8) is 0 Å². The molecule has 1 heterocycles. The van der Waals surface area contributed by atoms with Gasteiger partial charge in [-0.15, -0.1) is 0 Å². The van der Waals surface area contributed by atoms with Gasteiger partial charge in [0.25, 0.3) is 0 Å². The van der Waals surface area contributed by atoms with Crippen LogP contribution in [0.25, 0.3) is 10.8 Å². The van der Waals surface area contributed by atoms with Gasteiger partial charge in [0.15, 0.2) is 0 Å². The highest BCUT2D eigenvalue weighted by Gasteiger charge is 2.45. The Morgan fingerprint density at radius 3 is 2.45 bits per heavy atom. The van der Waals surface area contributed by atoms with Gasteiger partial charge >= 0.3 is 6.18 Å². The third-order valence-electron chi connectivity index (χ3n) is 3.49. The average Bonchev–Trinajstić information content (AvgIpc) is 2.89. The molecule has 104 valence electrons. The molecule has 1 unspecified atom stereocenters. The fourth-order valence-corrected chi connectivity index (χ4v) is 2.41. The monoisotopic (exact) mass is 279 g/mol. The minimum absolute atomic E-state index is 0.240. The van der Waals surface area contributed by atoms with E-state index in [4.69, 9.17) is 0 Å². The number of alkyl halides is 3. The molecular formula is C15H12F3NO. The van der Waals surface area contributed by atoms with Crippen LogP contribution in [0.4, 0.5) is 13.2 Å². The van der Waals surface area contributed by atoms with Crippen molar-refractivity contribution in [3.05, 3.63) is 47.5 Å². The Morgan fingerprint density at radius 1 is 1.10 bits per heavy atom. The van der Waals surface area contributed by atoms with Crippen molar-refractivity contribution in [3.8, 4) is 0 Å². The summed E-state index contributed by atoms with van der Waals surface area (Å²) in [5, 5.41) is 5.55. The molecule has 1 atom stereocenters. The van der Waals surface area contributed by atoms with Crippen LogP contribution in [0.15, 0.2) is 41.6 Å². The molecule has 1 aliphatic rings. The number of fused-ring (bicyclic) bond motifs is 1. The first-order valence-corrected chi connectivity index (χ1v) is 6.25. The number of aryl methyl sites for hydroxylation is 1. The van der Waals surface area contributed by atoms with E-state index >= 15 is 0 Å². The van der Waals surface area contributed by atoms with Crippen molar-refractivity contribution in [1.82, 2.24) is 0 Å². The second-order valence-corrected chi connectivity index (χ2v) is 4.85. The van der Waals surface area contributed by atoms with E-state index in [2.05, 4.69) is 9.99 Å². The maximum atomic E-state index is 12.6. The summed E-state index contributed by atoms with van der Waals surface area (Å²) in [5.41, 5.74) is 2.14. The fourth-order valence-electron chi connectivity index (χ4n) is 2.41. The third-order valence-corrected chi connectivity index (χ3v) is 3.49. The van der Waals surface area contributed by atoms with Crippen molar-refractivity contribution in [2.24, 2.45) is 5.16 Å². The lowest BCUT2D eigenvalue weighted by molar-refractivity contribution is -0.212. The summed E-state index contributed by atoms with van der Waals surface area (Å²) in [5.74, 6) is 0. The minimum Gasteiger partial charge on any atom is -0.382 e. The van der Waals surface area contributed by atoms with Crippen LogP contribution in [0.2, 0.25) is 0 Å². The smallest absolute Gasteiger partial charge is 0.382 e. The van der Waals surface area contributed by atoms with Gasteiger partial charge in [0.05, 0.1) is 5.71 Å². The van der Waals surface area contributed by atoms with Crippen molar-refractivity contribution in [2.45, 2.75) is 25.6 Å². The van der Waals surface area contributed by atoms with E-state index in [1.165, 1.54) is 0 Å².